The van der Waals surface area contributed by atoms with Crippen LogP contribution < -0.4 is 15.8 Å². The molecule has 0 bridgehead atoms. The van der Waals surface area contributed by atoms with Gasteiger partial charge in [-0.3, -0.25) is 14.4 Å². The second-order valence-electron chi connectivity index (χ2n) is 9.32. The molecule has 0 radical (unpaired) electrons. The number of likely N-dealkylation sites (N-methyl/N-ethyl adjacent to an activating group) is 1. The third kappa shape index (κ3) is 4.47. The molecule has 0 heterocycles. The average molecular weight is 491 g/mol. The van der Waals surface area contributed by atoms with Crippen molar-refractivity contribution in [2.24, 2.45) is 17.6 Å². The molecular formula is C25H34N2O8. The summed E-state index contributed by atoms with van der Waals surface area (Å²) < 4.78 is 5.83. The highest BCUT2D eigenvalue weighted by Crippen LogP contribution is 2.46. The molecule has 10 nitrogen and oxygen atoms in total. The summed E-state index contributed by atoms with van der Waals surface area (Å²) in [6.07, 6.45) is 0.133. The van der Waals surface area contributed by atoms with Crippen molar-refractivity contribution in [3.63, 3.8) is 0 Å². The molecule has 0 spiro atoms. The van der Waals surface area contributed by atoms with Crippen molar-refractivity contribution in [2.45, 2.75) is 56.8 Å². The number of primary amides is 1. The van der Waals surface area contributed by atoms with Gasteiger partial charge in [0.1, 0.15) is 17.1 Å². The van der Waals surface area contributed by atoms with Crippen LogP contribution in [0.4, 0.5) is 0 Å². The number of aliphatic hydroxyl groups is 4. The number of fused-ring (bicyclic) bond motifs is 1. The van der Waals surface area contributed by atoms with Gasteiger partial charge in [0.2, 0.25) is 0 Å². The van der Waals surface area contributed by atoms with Crippen molar-refractivity contribution in [1.29, 1.82) is 0 Å². The van der Waals surface area contributed by atoms with Crippen molar-refractivity contribution >= 4 is 17.5 Å². The number of nitrogens with two attached hydrogens (primary N) is 1. The fourth-order valence-corrected chi connectivity index (χ4v) is 5.37. The minimum Gasteiger partial charge on any atom is -0.508 e. The molecule has 0 saturated heterocycles. The smallest absolute Gasteiger partial charge is 0.255 e. The van der Waals surface area contributed by atoms with E-state index < -0.39 is 65.1 Å². The number of hydrogen-bond acceptors (Lipinski definition) is 9. The summed E-state index contributed by atoms with van der Waals surface area (Å²) in [6.45, 7) is 3.22. The minimum absolute atomic E-state index is 0.112. The second kappa shape index (κ2) is 10.4. The molecule has 0 fully saturated rings. The number of carbonyl (C=O) groups excluding carboxylic acids is 3. The predicted octanol–water partition coefficient (Wildman–Crippen LogP) is 0.340. The highest BCUT2D eigenvalue weighted by atomic mass is 16.5. The molecular weight excluding hydrogens is 456 g/mol. The zero-order chi connectivity index (χ0) is 26.1. The second-order valence-corrected chi connectivity index (χ2v) is 9.32. The molecule has 1 amide bonds. The number of ketones is 2. The zero-order valence-electron chi connectivity index (χ0n) is 20.2. The number of hydrogen-bond donors (Lipinski definition) is 6. The lowest BCUT2D eigenvalue weighted by Gasteiger charge is -2.47. The number of Topliss-reactive ketones (excluding diaryl/α,β-unsaturated/α-hetero) is 2. The molecule has 0 saturated carbocycles. The topological polar surface area (TPSA) is 179 Å². The largest absolute Gasteiger partial charge is 0.508 e. The lowest BCUT2D eigenvalue weighted by Crippen LogP contribution is -2.65. The number of aliphatic hydroxyl groups excluding tert-OH is 3. The SMILES string of the molecule is CCCCOc1cccc2c1C(=O)C[C@H]([C@H](O)[C@H]1[C@H](NC)C(=O)C(C(N)=O)=C(O)[C@@]1(O)CO)[C@H]2C. The van der Waals surface area contributed by atoms with Gasteiger partial charge in [-0.2, -0.15) is 0 Å². The lowest BCUT2D eigenvalue weighted by atomic mass is 9.62. The Kier molecular flexibility index (Phi) is 8.00. The Morgan fingerprint density at radius 3 is 2.60 bits per heavy atom. The Hall–Kier alpha value is -2.79. The molecule has 2 aliphatic rings. The summed E-state index contributed by atoms with van der Waals surface area (Å²) in [5, 5.41) is 46.0. The quantitative estimate of drug-likeness (QED) is 0.210. The summed E-state index contributed by atoms with van der Waals surface area (Å²) in [4.78, 5) is 38.0. The van der Waals surface area contributed by atoms with Crippen molar-refractivity contribution in [2.75, 3.05) is 20.3 Å². The number of amides is 1. The van der Waals surface area contributed by atoms with E-state index >= 15 is 0 Å². The van der Waals surface area contributed by atoms with Crippen LogP contribution in [-0.4, -0.2) is 75.9 Å². The van der Waals surface area contributed by atoms with E-state index in [4.69, 9.17) is 10.5 Å². The Bertz CT molecular complexity index is 1040. The summed E-state index contributed by atoms with van der Waals surface area (Å²) in [6, 6.07) is 3.90. The standard InChI is InChI=1S/C25H34N2O8/c1-4-5-9-35-16-8-6-7-13-12(2)14(10-15(29)17(13)16)21(30)19-20(27-3)22(31)18(24(26)33)23(32)25(19,34)11-28/h6-8,12,14,19-21,27-28,30,32,34H,4-5,9-11H2,1-3H3,(H2,26,33)/t12-,14-,19+,20-,21-,25+/m0/s1. The van der Waals surface area contributed by atoms with Crippen LogP contribution in [0.2, 0.25) is 0 Å². The first-order chi connectivity index (χ1) is 16.5. The molecule has 6 atom stereocenters. The van der Waals surface area contributed by atoms with E-state index in [1.165, 1.54) is 7.05 Å². The lowest BCUT2D eigenvalue weighted by molar-refractivity contribution is -0.149. The molecule has 0 unspecified atom stereocenters. The Labute approximate surface area is 203 Å². The third-order valence-corrected chi connectivity index (χ3v) is 7.34. The first-order valence-electron chi connectivity index (χ1n) is 11.8. The van der Waals surface area contributed by atoms with Crippen LogP contribution in [-0.2, 0) is 9.59 Å². The minimum atomic E-state index is -2.54. The van der Waals surface area contributed by atoms with Gasteiger partial charge in [0.25, 0.3) is 5.91 Å². The Morgan fingerprint density at radius 2 is 2.03 bits per heavy atom. The maximum Gasteiger partial charge on any atom is 0.255 e. The summed E-state index contributed by atoms with van der Waals surface area (Å²) in [5.41, 5.74) is 2.96. The van der Waals surface area contributed by atoms with Crippen LogP contribution in [0, 0.1) is 11.8 Å². The number of carbonyl (C=O) groups is 3. The van der Waals surface area contributed by atoms with E-state index in [0.29, 0.717) is 23.5 Å². The van der Waals surface area contributed by atoms with Crippen LogP contribution in [0.1, 0.15) is 54.9 Å². The number of ether oxygens (including phenoxy) is 1. The number of rotatable bonds is 9. The van der Waals surface area contributed by atoms with Crippen LogP contribution in [0.25, 0.3) is 0 Å². The maximum atomic E-state index is 13.2. The fraction of sp³-hybridized carbons (Fsp3) is 0.560. The maximum absolute atomic E-state index is 13.2. The molecule has 10 heteroatoms. The number of nitrogens with one attached hydrogen (secondary N) is 1. The molecule has 1 aromatic rings. The molecule has 7 N–H and O–H groups in total. The fourth-order valence-electron chi connectivity index (χ4n) is 5.37. The van der Waals surface area contributed by atoms with Crippen LogP contribution in [0.15, 0.2) is 29.5 Å². The molecule has 0 aliphatic heterocycles. The van der Waals surface area contributed by atoms with Crippen LogP contribution >= 0.6 is 0 Å². The molecule has 3 rings (SSSR count). The van der Waals surface area contributed by atoms with Gasteiger partial charge in [-0.25, -0.2) is 0 Å². The van der Waals surface area contributed by atoms with Gasteiger partial charge in [0, 0.05) is 12.3 Å². The van der Waals surface area contributed by atoms with Crippen molar-refractivity contribution in [3.05, 3.63) is 40.7 Å². The Balaban J connectivity index is 2.04. The van der Waals surface area contributed by atoms with Gasteiger partial charge in [0.05, 0.1) is 30.9 Å². The Morgan fingerprint density at radius 1 is 1.34 bits per heavy atom. The van der Waals surface area contributed by atoms with E-state index in [2.05, 4.69) is 5.32 Å². The molecule has 192 valence electrons. The van der Waals surface area contributed by atoms with E-state index in [1.807, 2.05) is 13.8 Å². The molecule has 1 aromatic carbocycles. The van der Waals surface area contributed by atoms with Gasteiger partial charge in [-0.1, -0.05) is 32.4 Å². The average Bonchev–Trinajstić information content (AvgIpc) is 2.83. The predicted molar refractivity (Wildman–Crippen MR) is 126 cm³/mol. The molecule has 35 heavy (non-hydrogen) atoms. The van der Waals surface area contributed by atoms with Gasteiger partial charge in [-0.15, -0.1) is 0 Å². The molecule has 0 aromatic heterocycles. The summed E-state index contributed by atoms with van der Waals surface area (Å²) in [7, 11) is 1.38. The monoisotopic (exact) mass is 490 g/mol. The first-order valence-corrected chi connectivity index (χ1v) is 11.8. The van der Waals surface area contributed by atoms with E-state index in [1.54, 1.807) is 18.2 Å². The van der Waals surface area contributed by atoms with Crippen LogP contribution in [0.3, 0.4) is 0 Å². The number of unbranched alkanes of at least 4 members (excludes halogenated alkanes) is 1. The number of benzene rings is 1. The third-order valence-electron chi connectivity index (χ3n) is 7.34. The van der Waals surface area contributed by atoms with Gasteiger partial charge >= 0.3 is 0 Å². The first kappa shape index (κ1) is 26.8. The van der Waals surface area contributed by atoms with Gasteiger partial charge in [0.15, 0.2) is 17.2 Å². The normalized spacial score (nSPS) is 29.7. The highest BCUT2D eigenvalue weighted by molar-refractivity contribution is 6.22. The van der Waals surface area contributed by atoms with E-state index in [9.17, 15) is 34.8 Å². The van der Waals surface area contributed by atoms with Crippen molar-refractivity contribution < 1.29 is 39.5 Å². The molecule has 2 aliphatic carbocycles. The highest BCUT2D eigenvalue weighted by Gasteiger charge is 2.58. The van der Waals surface area contributed by atoms with Gasteiger partial charge < -0.3 is 36.2 Å². The van der Waals surface area contributed by atoms with Crippen molar-refractivity contribution in [1.82, 2.24) is 5.32 Å². The summed E-state index contributed by atoms with van der Waals surface area (Å²) in [5.74, 6) is -5.70. The van der Waals surface area contributed by atoms with Crippen LogP contribution in [0.5, 0.6) is 5.75 Å². The summed E-state index contributed by atoms with van der Waals surface area (Å²) >= 11 is 0. The van der Waals surface area contributed by atoms with Crippen molar-refractivity contribution in [3.8, 4) is 5.75 Å². The van der Waals surface area contributed by atoms with E-state index in [0.717, 1.165) is 12.8 Å². The van der Waals surface area contributed by atoms with Gasteiger partial charge in [-0.05, 0) is 36.9 Å². The van der Waals surface area contributed by atoms with E-state index in [-0.39, 0.29) is 12.2 Å². The zero-order valence-corrected chi connectivity index (χ0v) is 20.2.